The van der Waals surface area contributed by atoms with E-state index in [0.29, 0.717) is 24.3 Å². The first-order valence-corrected chi connectivity index (χ1v) is 8.79. The second kappa shape index (κ2) is 7.73. The number of benzene rings is 2. The van der Waals surface area contributed by atoms with Crippen molar-refractivity contribution in [1.82, 2.24) is 4.98 Å². The molecule has 27 heavy (non-hydrogen) atoms. The van der Waals surface area contributed by atoms with Gasteiger partial charge in [-0.3, -0.25) is 4.79 Å². The van der Waals surface area contributed by atoms with Crippen LogP contribution in [0.2, 0.25) is 0 Å². The number of hydrogen-bond acceptors (Lipinski definition) is 5. The highest BCUT2D eigenvalue weighted by Crippen LogP contribution is 2.27. The highest BCUT2D eigenvalue weighted by molar-refractivity contribution is 6.10. The van der Waals surface area contributed by atoms with E-state index in [4.69, 9.17) is 14.2 Å². The maximum absolute atomic E-state index is 13.3. The Balaban J connectivity index is 1.65. The Morgan fingerprint density at radius 3 is 2.59 bits per heavy atom. The van der Waals surface area contributed by atoms with Gasteiger partial charge in [-0.15, -0.1) is 0 Å². The van der Waals surface area contributed by atoms with Gasteiger partial charge >= 0.3 is 5.97 Å². The number of H-pyrrole nitrogens is 1. The predicted octanol–water partition coefficient (Wildman–Crippen LogP) is 3.05. The average Bonchev–Trinajstić information content (AvgIpc) is 3.17. The zero-order valence-corrected chi connectivity index (χ0v) is 14.6. The summed E-state index contributed by atoms with van der Waals surface area (Å²) in [7, 11) is 0. The number of ketones is 1. The first-order valence-electron chi connectivity index (χ1n) is 8.79. The van der Waals surface area contributed by atoms with Crippen molar-refractivity contribution >= 4 is 22.7 Å². The van der Waals surface area contributed by atoms with Gasteiger partial charge in [0, 0.05) is 28.2 Å². The highest BCUT2D eigenvalue weighted by Gasteiger charge is 2.32. The highest BCUT2D eigenvalue weighted by atomic mass is 16.6. The van der Waals surface area contributed by atoms with E-state index in [1.165, 1.54) is 0 Å². The summed E-state index contributed by atoms with van der Waals surface area (Å²) in [5.41, 5.74) is 1.94. The molecule has 1 aromatic heterocycles. The van der Waals surface area contributed by atoms with E-state index < -0.39 is 18.2 Å². The fourth-order valence-electron chi connectivity index (χ4n) is 3.13. The van der Waals surface area contributed by atoms with E-state index in [0.717, 1.165) is 10.9 Å². The van der Waals surface area contributed by atoms with Crippen molar-refractivity contribution in [3.63, 3.8) is 0 Å². The van der Waals surface area contributed by atoms with Crippen molar-refractivity contribution in [1.29, 1.82) is 0 Å². The summed E-state index contributed by atoms with van der Waals surface area (Å²) in [6.45, 7) is 0.897. The molecule has 2 heterocycles. The Labute approximate surface area is 156 Å². The molecule has 1 N–H and O–H groups in total. The molecule has 0 saturated carbocycles. The second-order valence-corrected chi connectivity index (χ2v) is 6.27. The molecule has 0 radical (unpaired) electrons. The van der Waals surface area contributed by atoms with Crippen LogP contribution in [-0.2, 0) is 19.0 Å². The number of carbonyl (C=O) groups excluding carboxylic acids is 2. The molecule has 1 aliphatic rings. The van der Waals surface area contributed by atoms with Gasteiger partial charge in [0.1, 0.15) is 0 Å². The first-order chi connectivity index (χ1) is 13.2. The number of ether oxygens (including phenoxy) is 3. The van der Waals surface area contributed by atoms with Crippen molar-refractivity contribution in [2.45, 2.75) is 12.2 Å². The molecule has 0 amide bonds. The van der Waals surface area contributed by atoms with Gasteiger partial charge in [-0.05, 0) is 6.07 Å². The SMILES string of the molecule is O=C(O[C@@H](C(=O)c1c[nH]c2ccccc12)c1ccccc1)[C@@H]1COCCO1. The van der Waals surface area contributed by atoms with Gasteiger partial charge in [-0.1, -0.05) is 48.5 Å². The minimum atomic E-state index is -1.05. The lowest BCUT2D eigenvalue weighted by Gasteiger charge is -2.24. The third-order valence-corrected chi connectivity index (χ3v) is 4.51. The van der Waals surface area contributed by atoms with E-state index in [-0.39, 0.29) is 12.4 Å². The molecule has 0 spiro atoms. The van der Waals surface area contributed by atoms with Crippen LogP contribution in [-0.4, -0.2) is 42.7 Å². The van der Waals surface area contributed by atoms with Crippen molar-refractivity contribution in [2.75, 3.05) is 19.8 Å². The third-order valence-electron chi connectivity index (χ3n) is 4.51. The van der Waals surface area contributed by atoms with E-state index in [2.05, 4.69) is 4.98 Å². The lowest BCUT2D eigenvalue weighted by atomic mass is 9.99. The summed E-state index contributed by atoms with van der Waals surface area (Å²) in [4.78, 5) is 28.9. The number of esters is 1. The van der Waals surface area contributed by atoms with E-state index in [1.54, 1.807) is 30.5 Å². The summed E-state index contributed by atoms with van der Waals surface area (Å²) in [6, 6.07) is 16.5. The molecule has 6 heteroatoms. The number of aromatic amines is 1. The number of aromatic nitrogens is 1. The van der Waals surface area contributed by atoms with Crippen LogP contribution in [0.4, 0.5) is 0 Å². The number of Topliss-reactive ketones (excluding diaryl/α,β-unsaturated/α-hetero) is 1. The zero-order chi connectivity index (χ0) is 18.6. The molecule has 0 unspecified atom stereocenters. The van der Waals surface area contributed by atoms with Crippen LogP contribution in [0.5, 0.6) is 0 Å². The van der Waals surface area contributed by atoms with Gasteiger partial charge in [0.2, 0.25) is 5.78 Å². The first kappa shape index (κ1) is 17.5. The van der Waals surface area contributed by atoms with E-state index in [1.807, 2.05) is 30.3 Å². The van der Waals surface area contributed by atoms with Gasteiger partial charge in [-0.2, -0.15) is 0 Å². The Bertz CT molecular complexity index is 943. The van der Waals surface area contributed by atoms with Crippen molar-refractivity contribution in [3.8, 4) is 0 Å². The molecular weight excluding hydrogens is 346 g/mol. The molecule has 6 nitrogen and oxygen atoms in total. The number of carbonyl (C=O) groups is 2. The molecule has 1 fully saturated rings. The number of hydrogen-bond donors (Lipinski definition) is 1. The lowest BCUT2D eigenvalue weighted by molar-refractivity contribution is -0.174. The number of nitrogens with one attached hydrogen (secondary N) is 1. The molecule has 1 aliphatic heterocycles. The summed E-state index contributed by atoms with van der Waals surface area (Å²) in [5, 5.41) is 0.789. The molecule has 0 aliphatic carbocycles. The maximum atomic E-state index is 13.3. The Hall–Kier alpha value is -2.96. The van der Waals surface area contributed by atoms with Gasteiger partial charge in [0.05, 0.1) is 19.8 Å². The largest absolute Gasteiger partial charge is 0.447 e. The quantitative estimate of drug-likeness (QED) is 0.555. The van der Waals surface area contributed by atoms with Gasteiger partial charge in [0.25, 0.3) is 0 Å². The molecule has 2 atom stereocenters. The summed E-state index contributed by atoms with van der Waals surface area (Å²) < 4.78 is 16.3. The third kappa shape index (κ3) is 3.63. The molecule has 0 bridgehead atoms. The molecule has 138 valence electrons. The molecular formula is C21H19NO5. The molecule has 4 rings (SSSR count). The van der Waals surface area contributed by atoms with E-state index in [9.17, 15) is 9.59 Å². The van der Waals surface area contributed by atoms with Gasteiger partial charge < -0.3 is 19.2 Å². The van der Waals surface area contributed by atoms with Crippen LogP contribution in [0.25, 0.3) is 10.9 Å². The molecule has 2 aromatic carbocycles. The van der Waals surface area contributed by atoms with Crippen LogP contribution in [0, 0.1) is 0 Å². The average molecular weight is 365 g/mol. The summed E-state index contributed by atoms with van der Waals surface area (Å²) >= 11 is 0. The zero-order valence-electron chi connectivity index (χ0n) is 14.6. The van der Waals surface area contributed by atoms with Crippen LogP contribution in [0.1, 0.15) is 22.0 Å². The minimum Gasteiger partial charge on any atom is -0.447 e. The topological polar surface area (TPSA) is 77.6 Å². The second-order valence-electron chi connectivity index (χ2n) is 6.27. The maximum Gasteiger partial charge on any atom is 0.338 e. The Morgan fingerprint density at radius 1 is 1.04 bits per heavy atom. The van der Waals surface area contributed by atoms with Crippen LogP contribution in [0.3, 0.4) is 0 Å². The summed E-state index contributed by atoms with van der Waals surface area (Å²) in [6.07, 6.45) is -0.221. The van der Waals surface area contributed by atoms with Crippen molar-refractivity contribution in [3.05, 3.63) is 71.9 Å². The Kier molecular flexibility index (Phi) is 5.00. The lowest BCUT2D eigenvalue weighted by Crippen LogP contribution is -2.38. The normalized spacial score (nSPS) is 18.1. The summed E-state index contributed by atoms with van der Waals surface area (Å²) in [5.74, 6) is -0.888. The fourth-order valence-corrected chi connectivity index (χ4v) is 3.13. The number of fused-ring (bicyclic) bond motifs is 1. The number of para-hydroxylation sites is 1. The van der Waals surface area contributed by atoms with Crippen molar-refractivity contribution < 1.29 is 23.8 Å². The van der Waals surface area contributed by atoms with Crippen molar-refractivity contribution in [2.24, 2.45) is 0 Å². The smallest absolute Gasteiger partial charge is 0.338 e. The number of rotatable bonds is 5. The van der Waals surface area contributed by atoms with Crippen LogP contribution in [0.15, 0.2) is 60.8 Å². The Morgan fingerprint density at radius 2 is 1.81 bits per heavy atom. The molecule has 3 aromatic rings. The van der Waals surface area contributed by atoms with Crippen LogP contribution >= 0.6 is 0 Å². The van der Waals surface area contributed by atoms with E-state index >= 15 is 0 Å². The van der Waals surface area contributed by atoms with Crippen LogP contribution < -0.4 is 0 Å². The minimum absolute atomic E-state index is 0.127. The monoisotopic (exact) mass is 365 g/mol. The molecule has 1 saturated heterocycles. The van der Waals surface area contributed by atoms with Gasteiger partial charge in [0.15, 0.2) is 12.2 Å². The predicted molar refractivity (Wildman–Crippen MR) is 98.5 cm³/mol. The van der Waals surface area contributed by atoms with Gasteiger partial charge in [-0.25, -0.2) is 4.79 Å². The standard InChI is InChI=1S/C21H19NO5/c23-19(16-12-22-17-9-5-4-8-15(16)17)20(14-6-2-1-3-7-14)27-21(24)18-13-25-10-11-26-18/h1-9,12,18,20,22H,10-11,13H2/t18-,20+/m0/s1. The fraction of sp³-hybridized carbons (Fsp3) is 0.238.